The van der Waals surface area contributed by atoms with Crippen LogP contribution in [0.3, 0.4) is 0 Å². The Hall–Kier alpha value is -0.710. The molecule has 2 rings (SSSR count). The summed E-state index contributed by atoms with van der Waals surface area (Å²) in [5.74, 6) is -0.474. The first-order valence-electron chi connectivity index (χ1n) is 6.76. The van der Waals surface area contributed by atoms with E-state index in [1.165, 1.54) is 6.42 Å². The first-order valence-corrected chi connectivity index (χ1v) is 7.81. The van der Waals surface area contributed by atoms with Crippen molar-refractivity contribution in [3.63, 3.8) is 0 Å². The summed E-state index contributed by atoms with van der Waals surface area (Å²) < 4.78 is 0. The average Bonchev–Trinajstić information content (AvgIpc) is 3.09. The van der Waals surface area contributed by atoms with Crippen LogP contribution in [0, 0.1) is 11.8 Å². The minimum atomic E-state index is -0.835. The van der Waals surface area contributed by atoms with Gasteiger partial charge in [0, 0.05) is 11.3 Å². The summed E-state index contributed by atoms with van der Waals surface area (Å²) in [7, 11) is 0. The van der Waals surface area contributed by atoms with Crippen molar-refractivity contribution in [2.75, 3.05) is 5.75 Å². The van der Waals surface area contributed by atoms with Gasteiger partial charge in [0.25, 0.3) is 0 Å². The molecule has 2 aliphatic carbocycles. The second-order valence-electron chi connectivity index (χ2n) is 5.24. The fraction of sp³-hybridized carbons (Fsp3) is 0.846. The van der Waals surface area contributed by atoms with Gasteiger partial charge in [-0.3, -0.25) is 9.59 Å². The Morgan fingerprint density at radius 1 is 1.28 bits per heavy atom. The van der Waals surface area contributed by atoms with Gasteiger partial charge in [-0.2, -0.15) is 11.8 Å². The maximum Gasteiger partial charge on any atom is 0.307 e. The van der Waals surface area contributed by atoms with Crippen LogP contribution in [0.4, 0.5) is 0 Å². The van der Waals surface area contributed by atoms with E-state index in [1.807, 2.05) is 11.8 Å². The lowest BCUT2D eigenvalue weighted by molar-refractivity contribution is -0.140. The van der Waals surface area contributed by atoms with Gasteiger partial charge >= 0.3 is 5.97 Å². The molecule has 0 aromatic carbocycles. The van der Waals surface area contributed by atoms with Gasteiger partial charge < -0.3 is 10.4 Å². The Balaban J connectivity index is 1.76. The zero-order valence-corrected chi connectivity index (χ0v) is 11.5. The number of carbonyl (C=O) groups is 2. The molecule has 0 spiro atoms. The number of aliphatic carboxylic acids is 1. The van der Waals surface area contributed by atoms with Gasteiger partial charge in [-0.1, -0.05) is 13.3 Å². The minimum absolute atomic E-state index is 0.0467. The summed E-state index contributed by atoms with van der Waals surface area (Å²) in [5.41, 5.74) is 0. The van der Waals surface area contributed by atoms with Crippen LogP contribution in [-0.4, -0.2) is 34.0 Å². The third-order valence-electron chi connectivity index (χ3n) is 3.82. The zero-order valence-electron chi connectivity index (χ0n) is 10.7. The van der Waals surface area contributed by atoms with Gasteiger partial charge in [-0.15, -0.1) is 0 Å². The van der Waals surface area contributed by atoms with Crippen molar-refractivity contribution in [3.8, 4) is 0 Å². The van der Waals surface area contributed by atoms with Gasteiger partial charge in [-0.05, 0) is 31.4 Å². The van der Waals surface area contributed by atoms with Crippen molar-refractivity contribution in [2.45, 2.75) is 50.3 Å². The second-order valence-corrected chi connectivity index (χ2v) is 6.81. The van der Waals surface area contributed by atoms with Gasteiger partial charge in [0.1, 0.15) is 0 Å². The van der Waals surface area contributed by atoms with Crippen molar-refractivity contribution >= 4 is 23.6 Å². The number of hydrogen-bond acceptors (Lipinski definition) is 3. The monoisotopic (exact) mass is 271 g/mol. The number of hydrogen-bond donors (Lipinski definition) is 2. The van der Waals surface area contributed by atoms with Crippen molar-refractivity contribution < 1.29 is 14.7 Å². The molecule has 0 saturated heterocycles. The highest BCUT2D eigenvalue weighted by Gasteiger charge is 2.48. The van der Waals surface area contributed by atoms with Gasteiger partial charge in [0.05, 0.1) is 11.8 Å². The Morgan fingerprint density at radius 3 is 2.67 bits per heavy atom. The van der Waals surface area contributed by atoms with E-state index in [1.54, 1.807) is 0 Å². The van der Waals surface area contributed by atoms with E-state index in [0.29, 0.717) is 11.7 Å². The smallest absolute Gasteiger partial charge is 0.307 e. The van der Waals surface area contributed by atoms with Crippen LogP contribution in [-0.2, 0) is 9.59 Å². The van der Waals surface area contributed by atoms with Crippen molar-refractivity contribution in [2.24, 2.45) is 11.8 Å². The van der Waals surface area contributed by atoms with Gasteiger partial charge in [-0.25, -0.2) is 0 Å². The number of thioether (sulfide) groups is 1. The summed E-state index contributed by atoms with van der Waals surface area (Å²) in [4.78, 5) is 22.6. The van der Waals surface area contributed by atoms with Crippen LogP contribution in [0.1, 0.15) is 39.0 Å². The number of nitrogens with one attached hydrogen (secondary N) is 1. The van der Waals surface area contributed by atoms with Crippen molar-refractivity contribution in [1.29, 1.82) is 0 Å². The number of carboxylic acid groups (broad SMARTS) is 1. The van der Waals surface area contributed by atoms with Crippen molar-refractivity contribution in [3.05, 3.63) is 0 Å². The fourth-order valence-electron chi connectivity index (χ4n) is 2.73. The first kappa shape index (κ1) is 13.7. The molecule has 4 atom stereocenters. The molecular weight excluding hydrogens is 250 g/mol. The lowest BCUT2D eigenvalue weighted by atomic mass is 9.95. The second kappa shape index (κ2) is 5.95. The molecule has 0 heterocycles. The average molecular weight is 271 g/mol. The molecule has 0 aromatic rings. The fourth-order valence-corrected chi connectivity index (χ4v) is 3.90. The summed E-state index contributed by atoms with van der Waals surface area (Å²) >= 11 is 1.97. The quantitative estimate of drug-likeness (QED) is 0.801. The minimum Gasteiger partial charge on any atom is -0.481 e. The molecule has 2 N–H and O–H groups in total. The number of carbonyl (C=O) groups excluding carboxylic acids is 1. The molecule has 0 aliphatic heterocycles. The standard InChI is InChI=1S/C13H21NO3S/c1-2-18-9-5-3-4-8(6-9)14-12(15)10-7-11(10)13(16)17/h8-11H,2-7H2,1H3,(H,14,15)(H,16,17). The molecule has 18 heavy (non-hydrogen) atoms. The zero-order chi connectivity index (χ0) is 13.1. The van der Waals surface area contributed by atoms with Crippen LogP contribution in [0.15, 0.2) is 0 Å². The van der Waals surface area contributed by atoms with E-state index < -0.39 is 11.9 Å². The maximum absolute atomic E-state index is 11.9. The first-order chi connectivity index (χ1) is 8.61. The van der Waals surface area contributed by atoms with E-state index in [4.69, 9.17) is 5.11 Å². The molecule has 102 valence electrons. The molecule has 0 aromatic heterocycles. The van der Waals surface area contributed by atoms with E-state index >= 15 is 0 Å². The summed E-state index contributed by atoms with van der Waals surface area (Å²) in [6.07, 6.45) is 4.99. The molecule has 2 saturated carbocycles. The molecule has 2 aliphatic rings. The van der Waals surface area contributed by atoms with Crippen molar-refractivity contribution in [1.82, 2.24) is 5.32 Å². The lowest BCUT2D eigenvalue weighted by Crippen LogP contribution is -2.40. The van der Waals surface area contributed by atoms with Gasteiger partial charge in [0.2, 0.25) is 5.91 Å². The lowest BCUT2D eigenvalue weighted by Gasteiger charge is -2.29. The van der Waals surface area contributed by atoms with Crippen LogP contribution in [0.25, 0.3) is 0 Å². The summed E-state index contributed by atoms with van der Waals surface area (Å²) in [6.45, 7) is 2.16. The molecule has 4 unspecified atom stereocenters. The molecule has 0 radical (unpaired) electrons. The van der Waals surface area contributed by atoms with Crippen LogP contribution in [0.2, 0.25) is 0 Å². The highest BCUT2D eigenvalue weighted by molar-refractivity contribution is 7.99. The maximum atomic E-state index is 11.9. The van der Waals surface area contributed by atoms with Crippen LogP contribution >= 0.6 is 11.8 Å². The topological polar surface area (TPSA) is 66.4 Å². The van der Waals surface area contributed by atoms with E-state index in [0.717, 1.165) is 25.0 Å². The predicted molar refractivity (Wildman–Crippen MR) is 71.6 cm³/mol. The Kier molecular flexibility index (Phi) is 4.54. The third kappa shape index (κ3) is 3.40. The normalized spacial score (nSPS) is 34.9. The molecule has 4 nitrogen and oxygen atoms in total. The number of rotatable bonds is 5. The Labute approximate surface area is 112 Å². The molecule has 1 amide bonds. The van der Waals surface area contributed by atoms with Crippen LogP contribution in [0.5, 0.6) is 0 Å². The number of carboxylic acids is 1. The Bertz CT molecular complexity index is 332. The third-order valence-corrected chi connectivity index (χ3v) is 5.05. The predicted octanol–water partition coefficient (Wildman–Crippen LogP) is 1.89. The van der Waals surface area contributed by atoms with Crippen LogP contribution < -0.4 is 5.32 Å². The van der Waals surface area contributed by atoms with Gasteiger partial charge in [0.15, 0.2) is 0 Å². The molecule has 5 heteroatoms. The van der Waals surface area contributed by atoms with E-state index in [9.17, 15) is 9.59 Å². The summed E-state index contributed by atoms with van der Waals surface area (Å²) in [6, 6.07) is 0.255. The van der Waals surface area contributed by atoms with E-state index in [2.05, 4.69) is 12.2 Å². The number of amides is 1. The Morgan fingerprint density at radius 2 is 2.06 bits per heavy atom. The SMILES string of the molecule is CCSC1CCCC(NC(=O)C2CC2C(=O)O)C1. The molecule has 2 fully saturated rings. The summed E-state index contributed by atoms with van der Waals surface area (Å²) in [5, 5.41) is 12.5. The molecule has 0 bridgehead atoms. The largest absolute Gasteiger partial charge is 0.481 e. The van der Waals surface area contributed by atoms with E-state index in [-0.39, 0.29) is 17.9 Å². The molecular formula is C13H21NO3S. The highest BCUT2D eigenvalue weighted by Crippen LogP contribution is 2.39. The highest BCUT2D eigenvalue weighted by atomic mass is 32.2.